The second kappa shape index (κ2) is 8.08. The van der Waals surface area contributed by atoms with Gasteiger partial charge < -0.3 is 14.8 Å². The molecule has 0 heterocycles. The van der Waals surface area contributed by atoms with Crippen molar-refractivity contribution in [2.45, 2.75) is 32.7 Å². The van der Waals surface area contributed by atoms with E-state index in [9.17, 15) is 0 Å². The van der Waals surface area contributed by atoms with Crippen LogP contribution in [0.5, 0.6) is 5.75 Å². The van der Waals surface area contributed by atoms with E-state index in [2.05, 4.69) is 12.2 Å². The zero-order valence-electron chi connectivity index (χ0n) is 11.8. The van der Waals surface area contributed by atoms with Gasteiger partial charge in [-0.25, -0.2) is 0 Å². The molecule has 0 bridgehead atoms. The average Bonchev–Trinajstić information content (AvgIpc) is 3.21. The van der Waals surface area contributed by atoms with Crippen LogP contribution >= 0.6 is 23.2 Å². The van der Waals surface area contributed by atoms with Gasteiger partial charge in [0.15, 0.2) is 6.79 Å². The maximum atomic E-state index is 6.21. The van der Waals surface area contributed by atoms with Crippen molar-refractivity contribution in [1.29, 1.82) is 0 Å². The third-order valence-electron chi connectivity index (χ3n) is 3.16. The first-order valence-electron chi connectivity index (χ1n) is 7.10. The van der Waals surface area contributed by atoms with Gasteiger partial charge in [0.2, 0.25) is 0 Å². The summed E-state index contributed by atoms with van der Waals surface area (Å²) in [5, 5.41) is 4.48. The average molecular weight is 318 g/mol. The fourth-order valence-electron chi connectivity index (χ4n) is 1.91. The van der Waals surface area contributed by atoms with Gasteiger partial charge in [0.05, 0.1) is 11.6 Å². The minimum absolute atomic E-state index is 0.235. The Morgan fingerprint density at radius 1 is 1.30 bits per heavy atom. The Hall–Kier alpha value is -0.480. The van der Waals surface area contributed by atoms with Crippen molar-refractivity contribution in [2.75, 3.05) is 19.9 Å². The maximum absolute atomic E-state index is 6.21. The molecule has 3 nitrogen and oxygen atoms in total. The van der Waals surface area contributed by atoms with E-state index in [1.54, 1.807) is 6.07 Å². The third kappa shape index (κ3) is 5.13. The lowest BCUT2D eigenvalue weighted by atomic mass is 10.2. The highest BCUT2D eigenvalue weighted by Crippen LogP contribution is 2.33. The normalized spacial score (nSPS) is 14.6. The number of nitrogens with one attached hydrogen (secondary N) is 1. The molecule has 0 amide bonds. The van der Waals surface area contributed by atoms with Gasteiger partial charge >= 0.3 is 0 Å². The minimum atomic E-state index is 0.235. The number of rotatable bonds is 9. The van der Waals surface area contributed by atoms with Crippen LogP contribution in [0.25, 0.3) is 0 Å². The Morgan fingerprint density at radius 3 is 2.80 bits per heavy atom. The molecule has 0 spiro atoms. The summed E-state index contributed by atoms with van der Waals surface area (Å²) in [5.41, 5.74) is 0.964. The summed E-state index contributed by atoms with van der Waals surface area (Å²) in [6.07, 6.45) is 3.62. The van der Waals surface area contributed by atoms with Gasteiger partial charge in [0, 0.05) is 17.1 Å². The molecule has 20 heavy (non-hydrogen) atoms. The number of hydrogen-bond acceptors (Lipinski definition) is 3. The summed E-state index contributed by atoms with van der Waals surface area (Å²) >= 11 is 12.3. The van der Waals surface area contributed by atoms with Crippen molar-refractivity contribution in [2.24, 2.45) is 5.92 Å². The van der Waals surface area contributed by atoms with Crippen LogP contribution in [0.4, 0.5) is 0 Å². The minimum Gasteiger partial charge on any atom is -0.466 e. The first-order valence-corrected chi connectivity index (χ1v) is 7.85. The number of halogens is 2. The predicted molar refractivity (Wildman–Crippen MR) is 82.6 cm³/mol. The molecule has 1 aromatic carbocycles. The highest BCUT2D eigenvalue weighted by Gasteiger charge is 2.21. The standard InChI is InChI=1S/C15H21Cl2NO2/c1-2-5-18-8-12-6-13(16)7-14(17)15(12)20-10-19-9-11-3-4-11/h6-7,11,18H,2-5,8-10H2,1H3. The molecule has 1 aliphatic rings. The van der Waals surface area contributed by atoms with Crippen LogP contribution in [0.3, 0.4) is 0 Å². The van der Waals surface area contributed by atoms with Gasteiger partial charge in [-0.2, -0.15) is 0 Å². The Labute approximate surface area is 130 Å². The molecule has 1 aliphatic carbocycles. The maximum Gasteiger partial charge on any atom is 0.189 e. The molecule has 1 fully saturated rings. The van der Waals surface area contributed by atoms with Crippen LogP contribution in [-0.4, -0.2) is 19.9 Å². The van der Waals surface area contributed by atoms with E-state index in [1.807, 2.05) is 6.07 Å². The molecule has 0 radical (unpaired) electrons. The smallest absolute Gasteiger partial charge is 0.189 e. The molecule has 0 atom stereocenters. The van der Waals surface area contributed by atoms with Crippen LogP contribution < -0.4 is 10.1 Å². The van der Waals surface area contributed by atoms with Crippen molar-refractivity contribution in [3.8, 4) is 5.75 Å². The summed E-state index contributed by atoms with van der Waals surface area (Å²) < 4.78 is 11.2. The molecule has 1 aromatic rings. The lowest BCUT2D eigenvalue weighted by molar-refractivity contribution is 0.00947. The SMILES string of the molecule is CCCNCc1cc(Cl)cc(Cl)c1OCOCC1CC1. The summed E-state index contributed by atoms with van der Waals surface area (Å²) in [7, 11) is 0. The van der Waals surface area contributed by atoms with Gasteiger partial charge in [0.1, 0.15) is 5.75 Å². The Bertz CT molecular complexity index is 436. The second-order valence-electron chi connectivity index (χ2n) is 5.13. The zero-order valence-corrected chi connectivity index (χ0v) is 13.3. The molecule has 2 rings (SSSR count). The van der Waals surface area contributed by atoms with Crippen molar-refractivity contribution in [1.82, 2.24) is 5.32 Å². The predicted octanol–water partition coefficient (Wildman–Crippen LogP) is 4.26. The fourth-order valence-corrected chi connectivity index (χ4v) is 2.50. The molecule has 1 N–H and O–H groups in total. The van der Waals surface area contributed by atoms with E-state index in [0.29, 0.717) is 22.3 Å². The topological polar surface area (TPSA) is 30.5 Å². The van der Waals surface area contributed by atoms with Gasteiger partial charge in [-0.1, -0.05) is 30.1 Å². The number of benzene rings is 1. The van der Waals surface area contributed by atoms with Crippen LogP contribution in [0.1, 0.15) is 31.7 Å². The largest absolute Gasteiger partial charge is 0.466 e. The molecule has 5 heteroatoms. The molecule has 0 saturated heterocycles. The molecule has 0 aromatic heterocycles. The van der Waals surface area contributed by atoms with E-state index in [4.69, 9.17) is 32.7 Å². The zero-order chi connectivity index (χ0) is 14.4. The number of ether oxygens (including phenoxy) is 2. The lowest BCUT2D eigenvalue weighted by Crippen LogP contribution is -2.15. The first-order chi connectivity index (χ1) is 9.70. The van der Waals surface area contributed by atoms with Crippen molar-refractivity contribution in [3.63, 3.8) is 0 Å². The van der Waals surface area contributed by atoms with Crippen molar-refractivity contribution < 1.29 is 9.47 Å². The summed E-state index contributed by atoms with van der Waals surface area (Å²) in [6.45, 7) is 4.77. The van der Waals surface area contributed by atoms with Crippen molar-refractivity contribution in [3.05, 3.63) is 27.7 Å². The Balaban J connectivity index is 1.92. The van der Waals surface area contributed by atoms with E-state index >= 15 is 0 Å². The van der Waals surface area contributed by atoms with Gasteiger partial charge in [-0.3, -0.25) is 0 Å². The Morgan fingerprint density at radius 2 is 2.10 bits per heavy atom. The molecular formula is C15H21Cl2NO2. The van der Waals surface area contributed by atoms with E-state index in [0.717, 1.165) is 31.1 Å². The van der Waals surface area contributed by atoms with Crippen LogP contribution in [-0.2, 0) is 11.3 Å². The van der Waals surface area contributed by atoms with Gasteiger partial charge in [0.25, 0.3) is 0 Å². The molecule has 112 valence electrons. The highest BCUT2D eigenvalue weighted by molar-refractivity contribution is 6.35. The lowest BCUT2D eigenvalue weighted by Gasteiger charge is -2.14. The highest BCUT2D eigenvalue weighted by atomic mass is 35.5. The number of hydrogen-bond donors (Lipinski definition) is 1. The van der Waals surface area contributed by atoms with E-state index in [-0.39, 0.29) is 6.79 Å². The fraction of sp³-hybridized carbons (Fsp3) is 0.600. The quantitative estimate of drug-likeness (QED) is 0.545. The van der Waals surface area contributed by atoms with Crippen LogP contribution in [0.15, 0.2) is 12.1 Å². The second-order valence-corrected chi connectivity index (χ2v) is 5.97. The molecule has 0 unspecified atom stereocenters. The molecular weight excluding hydrogens is 297 g/mol. The molecule has 0 aliphatic heterocycles. The summed E-state index contributed by atoms with van der Waals surface area (Å²) in [6, 6.07) is 3.58. The summed E-state index contributed by atoms with van der Waals surface area (Å²) in [5.74, 6) is 1.39. The Kier molecular flexibility index (Phi) is 6.43. The van der Waals surface area contributed by atoms with E-state index < -0.39 is 0 Å². The van der Waals surface area contributed by atoms with E-state index in [1.165, 1.54) is 12.8 Å². The van der Waals surface area contributed by atoms with Crippen molar-refractivity contribution >= 4 is 23.2 Å². The first kappa shape index (κ1) is 15.9. The van der Waals surface area contributed by atoms with Gasteiger partial charge in [-0.15, -0.1) is 0 Å². The monoisotopic (exact) mass is 317 g/mol. The van der Waals surface area contributed by atoms with Crippen LogP contribution in [0.2, 0.25) is 10.0 Å². The third-order valence-corrected chi connectivity index (χ3v) is 3.66. The molecule has 1 saturated carbocycles. The summed E-state index contributed by atoms with van der Waals surface area (Å²) in [4.78, 5) is 0. The van der Waals surface area contributed by atoms with Crippen LogP contribution in [0, 0.1) is 5.92 Å². The van der Waals surface area contributed by atoms with Gasteiger partial charge in [-0.05, 0) is 43.9 Å².